The minimum Gasteiger partial charge on any atom is -0.352 e. The van der Waals surface area contributed by atoms with E-state index in [1.165, 1.54) is 0 Å². The zero-order chi connectivity index (χ0) is 21.2. The first kappa shape index (κ1) is 19.7. The first-order chi connectivity index (χ1) is 15.2. The average Bonchev–Trinajstić information content (AvgIpc) is 3.40. The topological polar surface area (TPSA) is 58.9 Å². The van der Waals surface area contributed by atoms with Crippen LogP contribution in [0, 0.1) is 0 Å². The molecule has 0 unspecified atom stereocenters. The van der Waals surface area contributed by atoms with Crippen molar-refractivity contribution < 1.29 is 0 Å². The molecule has 1 aliphatic heterocycles. The monoisotopic (exact) mass is 446 g/mol. The van der Waals surface area contributed by atoms with Gasteiger partial charge in [0, 0.05) is 43.2 Å². The Kier molecular flexibility index (Phi) is 5.36. The van der Waals surface area contributed by atoms with Gasteiger partial charge in [-0.1, -0.05) is 17.7 Å². The standard InChI is InChI=1S/C23H19ClN6S/c24-17-6-7-20(27-14-17)29-13-3-5-19(29)22-21(18-4-1-2-10-26-18)28-23(31)30(22)15-16-8-11-25-12-9-16/h1-14,21-22H,15H2,(H,28,31)/t21-,22+/m1/s1. The Morgan fingerprint density at radius 3 is 2.58 bits per heavy atom. The summed E-state index contributed by atoms with van der Waals surface area (Å²) in [6, 6.07) is 17.7. The predicted molar refractivity (Wildman–Crippen MR) is 124 cm³/mol. The van der Waals surface area contributed by atoms with Crippen LogP contribution in [0.5, 0.6) is 0 Å². The number of nitrogens with one attached hydrogen (secondary N) is 1. The molecule has 0 bridgehead atoms. The van der Waals surface area contributed by atoms with Gasteiger partial charge < -0.3 is 14.8 Å². The zero-order valence-corrected chi connectivity index (χ0v) is 18.0. The molecule has 0 aliphatic carbocycles. The lowest BCUT2D eigenvalue weighted by molar-refractivity contribution is 0.302. The quantitative estimate of drug-likeness (QED) is 0.456. The summed E-state index contributed by atoms with van der Waals surface area (Å²) in [6.07, 6.45) is 9.07. The third kappa shape index (κ3) is 3.89. The fourth-order valence-corrected chi connectivity index (χ4v) is 4.35. The van der Waals surface area contributed by atoms with E-state index in [9.17, 15) is 0 Å². The van der Waals surface area contributed by atoms with Gasteiger partial charge >= 0.3 is 0 Å². The summed E-state index contributed by atoms with van der Waals surface area (Å²) in [5.41, 5.74) is 3.13. The van der Waals surface area contributed by atoms with Crippen molar-refractivity contribution in [2.24, 2.45) is 0 Å². The van der Waals surface area contributed by atoms with E-state index >= 15 is 0 Å². The molecule has 5 heterocycles. The van der Waals surface area contributed by atoms with Crippen molar-refractivity contribution in [1.29, 1.82) is 0 Å². The minimum absolute atomic E-state index is 0.0805. The first-order valence-electron chi connectivity index (χ1n) is 9.87. The highest BCUT2D eigenvalue weighted by Gasteiger charge is 2.41. The molecule has 154 valence electrons. The van der Waals surface area contributed by atoms with Crippen molar-refractivity contribution in [3.8, 4) is 5.82 Å². The summed E-state index contributed by atoms with van der Waals surface area (Å²) in [6.45, 7) is 0.654. The Labute approximate surface area is 190 Å². The zero-order valence-electron chi connectivity index (χ0n) is 16.5. The van der Waals surface area contributed by atoms with Crippen molar-refractivity contribution in [2.75, 3.05) is 0 Å². The van der Waals surface area contributed by atoms with Gasteiger partial charge in [-0.05, 0) is 66.3 Å². The molecule has 1 aliphatic rings. The molecular formula is C23H19ClN6S. The fraction of sp³-hybridized carbons (Fsp3) is 0.130. The number of nitrogens with zero attached hydrogens (tertiary/aromatic N) is 5. The summed E-state index contributed by atoms with van der Waals surface area (Å²) < 4.78 is 2.08. The van der Waals surface area contributed by atoms with Gasteiger partial charge in [-0.15, -0.1) is 0 Å². The molecule has 1 N–H and O–H groups in total. The maximum atomic E-state index is 6.06. The number of halogens is 1. The number of pyridine rings is 3. The third-order valence-electron chi connectivity index (χ3n) is 5.34. The Morgan fingerprint density at radius 1 is 0.968 bits per heavy atom. The van der Waals surface area contributed by atoms with Crippen LogP contribution in [0.25, 0.3) is 5.82 Å². The molecule has 4 aromatic rings. The van der Waals surface area contributed by atoms with Crippen LogP contribution in [0.15, 0.2) is 85.6 Å². The van der Waals surface area contributed by atoms with Gasteiger partial charge in [-0.25, -0.2) is 4.98 Å². The van der Waals surface area contributed by atoms with Crippen molar-refractivity contribution in [3.63, 3.8) is 0 Å². The molecule has 1 saturated heterocycles. The molecule has 4 aromatic heterocycles. The number of hydrogen-bond acceptors (Lipinski definition) is 4. The highest BCUT2D eigenvalue weighted by molar-refractivity contribution is 7.80. The van der Waals surface area contributed by atoms with Crippen LogP contribution >= 0.6 is 23.8 Å². The van der Waals surface area contributed by atoms with E-state index in [-0.39, 0.29) is 12.1 Å². The first-order valence-corrected chi connectivity index (χ1v) is 10.7. The van der Waals surface area contributed by atoms with E-state index < -0.39 is 0 Å². The van der Waals surface area contributed by atoms with Gasteiger partial charge in [0.05, 0.1) is 22.8 Å². The van der Waals surface area contributed by atoms with Gasteiger partial charge in [0.25, 0.3) is 0 Å². The summed E-state index contributed by atoms with van der Waals surface area (Å²) in [5.74, 6) is 0.797. The second-order valence-corrected chi connectivity index (χ2v) is 8.07. The Bertz CT molecular complexity index is 1180. The van der Waals surface area contributed by atoms with Crippen molar-refractivity contribution in [1.82, 2.24) is 29.7 Å². The molecular weight excluding hydrogens is 428 g/mol. The summed E-state index contributed by atoms with van der Waals surface area (Å²) in [4.78, 5) is 15.5. The molecule has 6 nitrogen and oxygen atoms in total. The summed E-state index contributed by atoms with van der Waals surface area (Å²) in [7, 11) is 0. The molecule has 0 radical (unpaired) electrons. The molecule has 1 fully saturated rings. The Balaban J connectivity index is 1.60. The smallest absolute Gasteiger partial charge is 0.170 e. The predicted octanol–water partition coefficient (Wildman–Crippen LogP) is 4.49. The van der Waals surface area contributed by atoms with Crippen LogP contribution < -0.4 is 5.32 Å². The molecule has 0 saturated carbocycles. The van der Waals surface area contributed by atoms with Crippen LogP contribution in [0.4, 0.5) is 0 Å². The fourth-order valence-electron chi connectivity index (χ4n) is 3.94. The largest absolute Gasteiger partial charge is 0.352 e. The number of thiocarbonyl (C=S) groups is 1. The maximum absolute atomic E-state index is 6.06. The average molecular weight is 447 g/mol. The number of rotatable bonds is 5. The van der Waals surface area contributed by atoms with Crippen LogP contribution in [0.3, 0.4) is 0 Å². The molecule has 2 atom stereocenters. The SMILES string of the molecule is S=C1N[C@H](c2ccccn2)[C@H](c2cccn2-c2ccc(Cl)cn2)N1Cc1ccncc1. The van der Waals surface area contributed by atoms with Gasteiger partial charge in [0.15, 0.2) is 5.11 Å². The molecule has 0 spiro atoms. The van der Waals surface area contributed by atoms with Gasteiger partial charge in [-0.2, -0.15) is 0 Å². The van der Waals surface area contributed by atoms with Crippen LogP contribution in [-0.4, -0.2) is 29.5 Å². The Morgan fingerprint density at radius 2 is 1.84 bits per heavy atom. The lowest BCUT2D eigenvalue weighted by Crippen LogP contribution is -2.30. The number of hydrogen-bond donors (Lipinski definition) is 1. The van der Waals surface area contributed by atoms with E-state index in [0.29, 0.717) is 16.7 Å². The number of aromatic nitrogens is 4. The lowest BCUT2D eigenvalue weighted by Gasteiger charge is -2.28. The maximum Gasteiger partial charge on any atom is 0.170 e. The van der Waals surface area contributed by atoms with E-state index in [2.05, 4.69) is 35.8 Å². The summed E-state index contributed by atoms with van der Waals surface area (Å²) >= 11 is 11.8. The Hall–Kier alpha value is -3.29. The summed E-state index contributed by atoms with van der Waals surface area (Å²) in [5, 5.41) is 4.78. The van der Waals surface area contributed by atoms with E-state index in [1.807, 2.05) is 60.9 Å². The highest BCUT2D eigenvalue weighted by atomic mass is 35.5. The highest BCUT2D eigenvalue weighted by Crippen LogP contribution is 2.40. The second-order valence-electron chi connectivity index (χ2n) is 7.25. The van der Waals surface area contributed by atoms with Crippen molar-refractivity contribution >= 4 is 28.9 Å². The third-order valence-corrected chi connectivity index (χ3v) is 5.92. The molecule has 31 heavy (non-hydrogen) atoms. The normalized spacial score (nSPS) is 18.2. The molecule has 0 amide bonds. The van der Waals surface area contributed by atoms with E-state index in [4.69, 9.17) is 23.8 Å². The van der Waals surface area contributed by atoms with Crippen LogP contribution in [0.1, 0.15) is 29.0 Å². The van der Waals surface area contributed by atoms with Crippen LogP contribution in [-0.2, 0) is 6.54 Å². The minimum atomic E-state index is -0.100. The molecule has 5 rings (SSSR count). The molecule has 0 aromatic carbocycles. The second kappa shape index (κ2) is 8.45. The van der Waals surface area contributed by atoms with Gasteiger partial charge in [-0.3, -0.25) is 9.97 Å². The van der Waals surface area contributed by atoms with E-state index in [0.717, 1.165) is 22.8 Å². The van der Waals surface area contributed by atoms with Gasteiger partial charge in [0.1, 0.15) is 5.82 Å². The van der Waals surface area contributed by atoms with E-state index in [1.54, 1.807) is 18.6 Å². The van der Waals surface area contributed by atoms with Gasteiger partial charge in [0.2, 0.25) is 0 Å². The lowest BCUT2D eigenvalue weighted by atomic mass is 10.0. The molecule has 8 heteroatoms. The van der Waals surface area contributed by atoms with Crippen LogP contribution in [0.2, 0.25) is 5.02 Å². The van der Waals surface area contributed by atoms with Crippen molar-refractivity contribution in [2.45, 2.75) is 18.6 Å². The van der Waals surface area contributed by atoms with Crippen molar-refractivity contribution in [3.05, 3.63) is 108 Å².